The van der Waals surface area contributed by atoms with Crippen LogP contribution in [0.25, 0.3) is 0 Å². The Bertz CT molecular complexity index is 1360. The zero-order valence-electron chi connectivity index (χ0n) is 23.4. The number of aryl methyl sites for hydroxylation is 3. The first-order valence-electron chi connectivity index (χ1n) is 13.0. The molecule has 3 aromatic rings. The molecule has 41 heavy (non-hydrogen) atoms. The summed E-state index contributed by atoms with van der Waals surface area (Å²) in [4.78, 5) is 0.288. The third kappa shape index (κ3) is 10.7. The maximum absolute atomic E-state index is 12.3. The van der Waals surface area contributed by atoms with Crippen LogP contribution in [0.15, 0.2) is 76.5 Å². The van der Waals surface area contributed by atoms with Crippen LogP contribution in [0.5, 0.6) is 11.5 Å². The Labute approximate surface area is 242 Å². The van der Waals surface area contributed by atoms with Crippen molar-refractivity contribution >= 4 is 20.2 Å². The molecule has 0 heterocycles. The van der Waals surface area contributed by atoms with Gasteiger partial charge in [0.2, 0.25) is 0 Å². The number of ether oxygens (including phenoxy) is 4. The first-order chi connectivity index (χ1) is 19.6. The highest BCUT2D eigenvalue weighted by atomic mass is 32.2. The van der Waals surface area contributed by atoms with Crippen molar-refractivity contribution in [2.45, 2.75) is 30.6 Å². The molecule has 0 saturated carbocycles. The molecule has 0 aliphatic heterocycles. The molecule has 0 aliphatic carbocycles. The largest absolute Gasteiger partial charge is 0.491 e. The van der Waals surface area contributed by atoms with Crippen molar-refractivity contribution < 1.29 is 44.1 Å². The van der Waals surface area contributed by atoms with Crippen LogP contribution < -0.4 is 9.47 Å². The number of hydrogen-bond donors (Lipinski definition) is 0. The highest BCUT2D eigenvalue weighted by Crippen LogP contribution is 2.23. The third-order valence-electron chi connectivity index (χ3n) is 5.68. The van der Waals surface area contributed by atoms with E-state index in [9.17, 15) is 16.8 Å². The third-order valence-corrected chi connectivity index (χ3v) is 8.62. The average Bonchev–Trinajstić information content (AvgIpc) is 2.92. The van der Waals surface area contributed by atoms with E-state index >= 15 is 0 Å². The molecule has 0 unspecified atom stereocenters. The summed E-state index contributed by atoms with van der Waals surface area (Å²) >= 11 is 0. The molecule has 0 saturated heterocycles. The minimum atomic E-state index is -3.83. The van der Waals surface area contributed by atoms with Gasteiger partial charge in [-0.05, 0) is 61.7 Å². The molecule has 3 aromatic carbocycles. The van der Waals surface area contributed by atoms with Crippen LogP contribution in [-0.2, 0) is 38.1 Å². The standard InChI is InChI=1S/C29H36O10S2/c1-23-20-26(36-16-12-34-14-18-38-40(30,31)28-10-6-4-8-24(28)2)22-27(21-23)37-17-13-35-15-19-39-41(32,33)29-11-7-5-9-25(29)3/h4-11,20-22H,12-19H2,1-3H3. The number of hydrogen-bond acceptors (Lipinski definition) is 10. The van der Waals surface area contributed by atoms with Crippen LogP contribution in [0.4, 0.5) is 0 Å². The Kier molecular flexibility index (Phi) is 12.6. The van der Waals surface area contributed by atoms with E-state index < -0.39 is 20.2 Å². The summed E-state index contributed by atoms with van der Waals surface area (Å²) < 4.78 is 81.5. The zero-order chi connectivity index (χ0) is 29.7. The van der Waals surface area contributed by atoms with E-state index in [1.807, 2.05) is 19.1 Å². The summed E-state index contributed by atoms with van der Waals surface area (Å²) in [7, 11) is -7.67. The van der Waals surface area contributed by atoms with Crippen LogP contribution in [0.1, 0.15) is 16.7 Å². The van der Waals surface area contributed by atoms with Gasteiger partial charge < -0.3 is 18.9 Å². The lowest BCUT2D eigenvalue weighted by Crippen LogP contribution is -2.15. The van der Waals surface area contributed by atoms with Crippen molar-refractivity contribution in [3.05, 3.63) is 83.4 Å². The van der Waals surface area contributed by atoms with Gasteiger partial charge >= 0.3 is 0 Å². The van der Waals surface area contributed by atoms with E-state index in [4.69, 9.17) is 27.3 Å². The molecule has 0 aliphatic rings. The predicted molar refractivity (Wildman–Crippen MR) is 152 cm³/mol. The summed E-state index contributed by atoms with van der Waals surface area (Å²) in [5.74, 6) is 1.19. The van der Waals surface area contributed by atoms with Crippen molar-refractivity contribution in [2.24, 2.45) is 0 Å². The van der Waals surface area contributed by atoms with Crippen LogP contribution in [0, 0.1) is 20.8 Å². The fourth-order valence-electron chi connectivity index (χ4n) is 3.73. The Morgan fingerprint density at radius 1 is 0.512 bits per heavy atom. The summed E-state index contributed by atoms with van der Waals surface area (Å²) in [6.45, 7) is 6.31. The minimum Gasteiger partial charge on any atom is -0.491 e. The second-order valence-corrected chi connectivity index (χ2v) is 12.2. The number of rotatable bonds is 18. The molecule has 0 fully saturated rings. The van der Waals surface area contributed by atoms with Gasteiger partial charge in [0, 0.05) is 6.07 Å². The number of benzene rings is 3. The van der Waals surface area contributed by atoms with Crippen LogP contribution in [0.2, 0.25) is 0 Å². The van der Waals surface area contributed by atoms with Gasteiger partial charge in [0.1, 0.15) is 24.7 Å². The normalized spacial score (nSPS) is 11.9. The Hall–Kier alpha value is -3.00. The second-order valence-electron chi connectivity index (χ2n) is 8.99. The summed E-state index contributed by atoms with van der Waals surface area (Å²) in [5.41, 5.74) is 2.17. The lowest BCUT2D eigenvalue weighted by Gasteiger charge is -2.12. The maximum Gasteiger partial charge on any atom is 0.297 e. The van der Waals surface area contributed by atoms with Crippen LogP contribution in [0.3, 0.4) is 0 Å². The smallest absolute Gasteiger partial charge is 0.297 e. The van der Waals surface area contributed by atoms with Crippen molar-refractivity contribution in [2.75, 3.05) is 52.9 Å². The van der Waals surface area contributed by atoms with Crippen molar-refractivity contribution in [3.8, 4) is 11.5 Å². The lowest BCUT2D eigenvalue weighted by molar-refractivity contribution is 0.0761. The Morgan fingerprint density at radius 2 is 0.902 bits per heavy atom. The quantitative estimate of drug-likeness (QED) is 0.153. The fourth-order valence-corrected chi connectivity index (χ4v) is 5.97. The maximum atomic E-state index is 12.3. The average molecular weight is 609 g/mol. The van der Waals surface area contributed by atoms with Gasteiger partial charge in [-0.25, -0.2) is 0 Å². The first kappa shape index (κ1) is 32.5. The SMILES string of the molecule is Cc1cc(OCCOCCOS(=O)(=O)c2ccccc2C)cc(OCCOCCOS(=O)(=O)c2ccccc2C)c1. The van der Waals surface area contributed by atoms with Crippen molar-refractivity contribution in [3.63, 3.8) is 0 Å². The van der Waals surface area contributed by atoms with E-state index in [2.05, 4.69) is 0 Å². The highest BCUT2D eigenvalue weighted by Gasteiger charge is 2.18. The topological polar surface area (TPSA) is 124 Å². The molecule has 10 nitrogen and oxygen atoms in total. The minimum absolute atomic E-state index is 0.0967. The van der Waals surface area contributed by atoms with Gasteiger partial charge in [-0.2, -0.15) is 16.8 Å². The second kappa shape index (κ2) is 15.9. The van der Waals surface area contributed by atoms with Gasteiger partial charge in [0.05, 0.1) is 49.4 Å². The predicted octanol–water partition coefficient (Wildman–Crippen LogP) is 4.21. The van der Waals surface area contributed by atoms with Gasteiger partial charge in [-0.1, -0.05) is 36.4 Å². The molecule has 0 amide bonds. The molecule has 224 valence electrons. The fraction of sp³-hybridized carbons (Fsp3) is 0.379. The van der Waals surface area contributed by atoms with Crippen LogP contribution >= 0.6 is 0 Å². The molecule has 3 rings (SSSR count). The zero-order valence-corrected chi connectivity index (χ0v) is 25.0. The molecule has 0 radical (unpaired) electrons. The lowest BCUT2D eigenvalue weighted by atomic mass is 10.2. The van der Waals surface area contributed by atoms with Crippen LogP contribution in [-0.4, -0.2) is 69.7 Å². The van der Waals surface area contributed by atoms with Crippen molar-refractivity contribution in [1.29, 1.82) is 0 Å². The van der Waals surface area contributed by atoms with Crippen molar-refractivity contribution in [1.82, 2.24) is 0 Å². The molecular weight excluding hydrogens is 572 g/mol. The van der Waals surface area contributed by atoms with E-state index in [0.29, 0.717) is 22.6 Å². The Morgan fingerprint density at radius 3 is 1.32 bits per heavy atom. The first-order valence-corrected chi connectivity index (χ1v) is 15.8. The molecule has 12 heteroatoms. The van der Waals surface area contributed by atoms with E-state index in [-0.39, 0.29) is 62.6 Å². The summed E-state index contributed by atoms with van der Waals surface area (Å²) in [5, 5.41) is 0. The molecule has 0 N–H and O–H groups in total. The molecule has 0 bridgehead atoms. The molecule has 0 aromatic heterocycles. The van der Waals surface area contributed by atoms with E-state index in [1.54, 1.807) is 56.3 Å². The molecule has 0 spiro atoms. The van der Waals surface area contributed by atoms with Gasteiger partial charge in [0.15, 0.2) is 0 Å². The Balaban J connectivity index is 1.29. The molecular formula is C29H36O10S2. The van der Waals surface area contributed by atoms with Gasteiger partial charge in [0.25, 0.3) is 20.2 Å². The highest BCUT2D eigenvalue weighted by molar-refractivity contribution is 7.87. The van der Waals surface area contributed by atoms with E-state index in [1.165, 1.54) is 12.1 Å². The monoisotopic (exact) mass is 608 g/mol. The molecule has 0 atom stereocenters. The van der Waals surface area contributed by atoms with E-state index in [0.717, 1.165) is 5.56 Å². The van der Waals surface area contributed by atoms with Gasteiger partial charge in [-0.3, -0.25) is 8.37 Å². The summed E-state index contributed by atoms with van der Waals surface area (Å²) in [6, 6.07) is 18.7. The summed E-state index contributed by atoms with van der Waals surface area (Å²) in [6.07, 6.45) is 0. The van der Waals surface area contributed by atoms with Gasteiger partial charge in [-0.15, -0.1) is 0 Å².